The highest BCUT2D eigenvalue weighted by Gasteiger charge is 2.53. The Hall–Kier alpha value is -1.71. The Morgan fingerprint density at radius 3 is 1.77 bits per heavy atom. The van der Waals surface area contributed by atoms with Gasteiger partial charge >= 0.3 is 17.9 Å². The van der Waals surface area contributed by atoms with Crippen LogP contribution in [0.3, 0.4) is 0 Å². The fraction of sp³-hybridized carbons (Fsp3) is 0.769. The molecule has 5 unspecified atom stereocenters. The maximum Gasteiger partial charge on any atom is 0.339 e. The van der Waals surface area contributed by atoms with Crippen LogP contribution in [-0.2, 0) is 42.8 Å². The number of carbonyl (C=O) groups excluding carboxylic acids is 3. The van der Waals surface area contributed by atoms with Gasteiger partial charge in [0.05, 0.1) is 7.11 Å². The second kappa shape index (κ2) is 8.06. The SMILES string of the molecule is COC(=O)C1OC(OC)C(OC(C)=O)C(OC)C1OC(C)=O. The molecule has 1 saturated heterocycles. The summed E-state index contributed by atoms with van der Waals surface area (Å²) in [6, 6.07) is 0. The monoisotopic (exact) mass is 320 g/mol. The number of esters is 3. The van der Waals surface area contributed by atoms with Crippen molar-refractivity contribution in [2.75, 3.05) is 21.3 Å². The third-order valence-corrected chi connectivity index (χ3v) is 3.04. The minimum absolute atomic E-state index is 0.601. The first-order valence-corrected chi connectivity index (χ1v) is 6.49. The maximum absolute atomic E-state index is 11.9. The van der Waals surface area contributed by atoms with E-state index in [-0.39, 0.29) is 0 Å². The minimum Gasteiger partial charge on any atom is -0.467 e. The number of hydrogen-bond acceptors (Lipinski definition) is 9. The molecule has 9 heteroatoms. The molecule has 1 aliphatic rings. The number of ether oxygens (including phenoxy) is 6. The van der Waals surface area contributed by atoms with Crippen molar-refractivity contribution < 1.29 is 42.8 Å². The Morgan fingerprint density at radius 2 is 1.36 bits per heavy atom. The summed E-state index contributed by atoms with van der Waals surface area (Å²) < 4.78 is 30.6. The lowest BCUT2D eigenvalue weighted by molar-refractivity contribution is -0.297. The molecule has 1 heterocycles. The van der Waals surface area contributed by atoms with E-state index < -0.39 is 48.6 Å². The van der Waals surface area contributed by atoms with E-state index in [0.717, 1.165) is 7.11 Å². The number of carbonyl (C=O) groups is 3. The summed E-state index contributed by atoms with van der Waals surface area (Å²) >= 11 is 0. The highest BCUT2D eigenvalue weighted by Crippen LogP contribution is 2.29. The van der Waals surface area contributed by atoms with E-state index in [1.165, 1.54) is 28.1 Å². The molecule has 0 radical (unpaired) electrons. The first-order valence-electron chi connectivity index (χ1n) is 6.49. The Morgan fingerprint density at radius 1 is 0.818 bits per heavy atom. The molecule has 1 aliphatic heterocycles. The van der Waals surface area contributed by atoms with E-state index in [0.29, 0.717) is 0 Å². The van der Waals surface area contributed by atoms with Crippen LogP contribution < -0.4 is 0 Å². The van der Waals surface area contributed by atoms with Gasteiger partial charge in [-0.2, -0.15) is 0 Å². The number of rotatable bonds is 5. The zero-order valence-corrected chi connectivity index (χ0v) is 13.1. The van der Waals surface area contributed by atoms with Crippen LogP contribution in [0, 0.1) is 0 Å². The van der Waals surface area contributed by atoms with E-state index in [1.807, 2.05) is 0 Å². The highest BCUT2D eigenvalue weighted by atomic mass is 16.7. The molecule has 0 aromatic heterocycles. The number of methoxy groups -OCH3 is 3. The summed E-state index contributed by atoms with van der Waals surface area (Å²) in [5, 5.41) is 0. The Bertz CT molecular complexity index is 422. The molecule has 0 saturated carbocycles. The van der Waals surface area contributed by atoms with Crippen LogP contribution in [0.15, 0.2) is 0 Å². The molecule has 0 bridgehead atoms. The molecule has 22 heavy (non-hydrogen) atoms. The predicted molar refractivity (Wildman–Crippen MR) is 69.6 cm³/mol. The predicted octanol–water partition coefficient (Wildman–Crippen LogP) is -0.591. The van der Waals surface area contributed by atoms with Crippen LogP contribution in [0.5, 0.6) is 0 Å². The van der Waals surface area contributed by atoms with Gasteiger partial charge in [-0.25, -0.2) is 4.79 Å². The van der Waals surface area contributed by atoms with E-state index in [2.05, 4.69) is 4.74 Å². The molecule has 0 aromatic carbocycles. The fourth-order valence-electron chi connectivity index (χ4n) is 2.21. The van der Waals surface area contributed by atoms with Crippen molar-refractivity contribution in [2.45, 2.75) is 44.6 Å². The second-order valence-corrected chi connectivity index (χ2v) is 4.53. The van der Waals surface area contributed by atoms with Crippen LogP contribution in [-0.4, -0.2) is 69.9 Å². The van der Waals surface area contributed by atoms with Crippen molar-refractivity contribution >= 4 is 17.9 Å². The molecule has 0 N–H and O–H groups in total. The summed E-state index contributed by atoms with van der Waals surface area (Å²) in [5.41, 5.74) is 0. The fourth-order valence-corrected chi connectivity index (χ4v) is 2.21. The minimum atomic E-state index is -1.27. The normalized spacial score (nSPS) is 31.2. The quantitative estimate of drug-likeness (QED) is 0.485. The molecule has 5 atom stereocenters. The molecule has 0 amide bonds. The van der Waals surface area contributed by atoms with Crippen LogP contribution in [0.2, 0.25) is 0 Å². The first kappa shape index (κ1) is 18.3. The van der Waals surface area contributed by atoms with E-state index in [4.69, 9.17) is 23.7 Å². The second-order valence-electron chi connectivity index (χ2n) is 4.53. The lowest BCUT2D eigenvalue weighted by Gasteiger charge is -2.42. The lowest BCUT2D eigenvalue weighted by Crippen LogP contribution is -2.63. The van der Waals surface area contributed by atoms with Crippen molar-refractivity contribution in [3.63, 3.8) is 0 Å². The zero-order chi connectivity index (χ0) is 16.9. The largest absolute Gasteiger partial charge is 0.467 e. The standard InChI is InChI=1S/C13H20O9/c1-6(14)20-9-8(17-3)11(21-7(2)15)13(19-5)22-10(9)12(16)18-4/h8-11,13H,1-5H3. The summed E-state index contributed by atoms with van der Waals surface area (Å²) in [4.78, 5) is 34.4. The summed E-state index contributed by atoms with van der Waals surface area (Å²) in [5.74, 6) is -2.02. The molecular formula is C13H20O9. The van der Waals surface area contributed by atoms with Gasteiger partial charge in [0.2, 0.25) is 0 Å². The van der Waals surface area contributed by atoms with E-state index in [1.54, 1.807) is 0 Å². The molecule has 1 rings (SSSR count). The van der Waals surface area contributed by atoms with Crippen LogP contribution in [0.1, 0.15) is 13.8 Å². The van der Waals surface area contributed by atoms with Gasteiger partial charge in [-0.3, -0.25) is 9.59 Å². The number of hydrogen-bond donors (Lipinski definition) is 0. The van der Waals surface area contributed by atoms with Crippen molar-refractivity contribution in [1.82, 2.24) is 0 Å². The van der Waals surface area contributed by atoms with E-state index in [9.17, 15) is 14.4 Å². The summed E-state index contributed by atoms with van der Waals surface area (Å²) in [6.45, 7) is 2.37. The zero-order valence-electron chi connectivity index (χ0n) is 13.1. The van der Waals surface area contributed by atoms with Gasteiger partial charge in [0.1, 0.15) is 6.10 Å². The molecular weight excluding hydrogens is 300 g/mol. The van der Waals surface area contributed by atoms with Gasteiger partial charge in [-0.1, -0.05) is 0 Å². The average Bonchev–Trinajstić information content (AvgIpc) is 2.45. The first-order chi connectivity index (χ1) is 10.3. The smallest absolute Gasteiger partial charge is 0.339 e. The Balaban J connectivity index is 3.15. The summed E-state index contributed by atoms with van der Waals surface area (Å²) in [7, 11) is 3.80. The van der Waals surface area contributed by atoms with Gasteiger partial charge in [0.15, 0.2) is 24.6 Å². The van der Waals surface area contributed by atoms with Crippen molar-refractivity contribution in [2.24, 2.45) is 0 Å². The third-order valence-electron chi connectivity index (χ3n) is 3.04. The van der Waals surface area contributed by atoms with Gasteiger partial charge in [-0.15, -0.1) is 0 Å². The molecule has 126 valence electrons. The third kappa shape index (κ3) is 4.15. The average molecular weight is 320 g/mol. The van der Waals surface area contributed by atoms with Gasteiger partial charge in [-0.05, 0) is 0 Å². The summed E-state index contributed by atoms with van der Waals surface area (Å²) in [6.07, 6.45) is -5.47. The molecule has 0 aliphatic carbocycles. The highest BCUT2D eigenvalue weighted by molar-refractivity contribution is 5.76. The van der Waals surface area contributed by atoms with Gasteiger partial charge in [0.25, 0.3) is 0 Å². The van der Waals surface area contributed by atoms with Gasteiger partial charge in [0, 0.05) is 28.1 Å². The van der Waals surface area contributed by atoms with Crippen molar-refractivity contribution in [1.29, 1.82) is 0 Å². The van der Waals surface area contributed by atoms with Gasteiger partial charge < -0.3 is 28.4 Å². The topological polar surface area (TPSA) is 107 Å². The van der Waals surface area contributed by atoms with Crippen molar-refractivity contribution in [3.05, 3.63) is 0 Å². The van der Waals surface area contributed by atoms with Crippen LogP contribution >= 0.6 is 0 Å². The molecule has 1 fully saturated rings. The molecule has 9 nitrogen and oxygen atoms in total. The molecule has 0 aromatic rings. The van der Waals surface area contributed by atoms with E-state index >= 15 is 0 Å². The maximum atomic E-state index is 11.9. The molecule has 0 spiro atoms. The Kier molecular flexibility index (Phi) is 6.72. The lowest BCUT2D eigenvalue weighted by atomic mass is 9.98. The van der Waals surface area contributed by atoms with Crippen LogP contribution in [0.25, 0.3) is 0 Å². The van der Waals surface area contributed by atoms with Crippen molar-refractivity contribution in [3.8, 4) is 0 Å². The Labute approximate surface area is 127 Å². The van der Waals surface area contributed by atoms with Crippen LogP contribution in [0.4, 0.5) is 0 Å².